The van der Waals surface area contributed by atoms with Crippen molar-refractivity contribution in [2.24, 2.45) is 5.73 Å². The fraction of sp³-hybridized carbons (Fsp3) is 0.355. The summed E-state index contributed by atoms with van der Waals surface area (Å²) >= 11 is 12.7. The smallest absolute Gasteiger partial charge is 0.405 e. The molecule has 2 amide bonds. The Hall–Kier alpha value is -3.06. The minimum absolute atomic E-state index is 0.0479. The SMILES string of the molecule is NC(=O)OC1(c2ccccc2)CCN(CCC2(c3ccc(Cl)c(Cl)c3)CCN(C(=O)c3ccccc3)C2)CC1. The van der Waals surface area contributed by atoms with E-state index in [2.05, 4.69) is 4.90 Å². The minimum atomic E-state index is -0.750. The van der Waals surface area contributed by atoms with Gasteiger partial charge >= 0.3 is 6.09 Å². The van der Waals surface area contributed by atoms with E-state index in [4.69, 9.17) is 33.7 Å². The van der Waals surface area contributed by atoms with E-state index in [1.807, 2.05) is 83.8 Å². The van der Waals surface area contributed by atoms with Gasteiger partial charge in [0, 0.05) is 50.0 Å². The molecule has 3 aromatic carbocycles. The normalized spacial score (nSPS) is 21.0. The van der Waals surface area contributed by atoms with E-state index < -0.39 is 11.7 Å². The monoisotopic (exact) mass is 565 g/mol. The zero-order valence-corrected chi connectivity index (χ0v) is 23.3. The molecule has 8 heteroatoms. The van der Waals surface area contributed by atoms with Crippen LogP contribution in [-0.4, -0.2) is 54.5 Å². The number of halogens is 2. The van der Waals surface area contributed by atoms with Crippen molar-refractivity contribution >= 4 is 35.2 Å². The summed E-state index contributed by atoms with van der Waals surface area (Å²) in [7, 11) is 0. The van der Waals surface area contributed by atoms with E-state index in [-0.39, 0.29) is 11.3 Å². The Morgan fingerprint density at radius 3 is 2.13 bits per heavy atom. The number of carbonyl (C=O) groups excluding carboxylic acids is 2. The van der Waals surface area contributed by atoms with E-state index in [0.717, 1.165) is 43.6 Å². The van der Waals surface area contributed by atoms with E-state index in [9.17, 15) is 9.59 Å². The highest BCUT2D eigenvalue weighted by Crippen LogP contribution is 2.42. The molecule has 5 rings (SSSR count). The zero-order valence-electron chi connectivity index (χ0n) is 21.8. The van der Waals surface area contributed by atoms with E-state index in [1.165, 1.54) is 0 Å². The molecule has 1 unspecified atom stereocenters. The van der Waals surface area contributed by atoms with Gasteiger partial charge in [-0.15, -0.1) is 0 Å². The van der Waals surface area contributed by atoms with Crippen molar-refractivity contribution in [3.63, 3.8) is 0 Å². The van der Waals surface area contributed by atoms with Crippen LogP contribution in [-0.2, 0) is 15.8 Å². The molecule has 2 N–H and O–H groups in total. The number of rotatable bonds is 7. The minimum Gasteiger partial charge on any atom is -0.438 e. The van der Waals surface area contributed by atoms with Crippen LogP contribution < -0.4 is 5.73 Å². The highest BCUT2D eigenvalue weighted by molar-refractivity contribution is 6.42. The van der Waals surface area contributed by atoms with E-state index in [0.29, 0.717) is 41.5 Å². The number of hydrogen-bond acceptors (Lipinski definition) is 4. The second-order valence-electron chi connectivity index (χ2n) is 10.6. The van der Waals surface area contributed by atoms with Crippen molar-refractivity contribution in [2.75, 3.05) is 32.7 Å². The molecular formula is C31H33Cl2N3O3. The number of likely N-dealkylation sites (tertiary alicyclic amines) is 2. The van der Waals surface area contributed by atoms with Crippen LogP contribution in [0.25, 0.3) is 0 Å². The number of ether oxygens (including phenoxy) is 1. The predicted molar refractivity (Wildman–Crippen MR) is 154 cm³/mol. The number of primary amides is 1. The topological polar surface area (TPSA) is 75.9 Å². The summed E-state index contributed by atoms with van der Waals surface area (Å²) in [6.45, 7) is 3.68. The molecule has 204 valence electrons. The van der Waals surface area contributed by atoms with Gasteiger partial charge in [0.15, 0.2) is 0 Å². The maximum atomic E-state index is 13.3. The highest BCUT2D eigenvalue weighted by Gasteiger charge is 2.43. The summed E-state index contributed by atoms with van der Waals surface area (Å²) in [5.41, 5.74) is 7.31. The standard InChI is InChI=1S/C31H33Cl2N3O3/c32-26-12-11-25(21-27(26)33)30(14-20-36(22-30)28(37)23-7-3-1-4-8-23)13-17-35-18-15-31(16-19-35,39-29(34)38)24-9-5-2-6-10-24/h1-12,21H,13-20,22H2,(H2,34,38). The summed E-state index contributed by atoms with van der Waals surface area (Å²) in [4.78, 5) is 29.5. The van der Waals surface area contributed by atoms with Crippen LogP contribution >= 0.6 is 23.2 Å². The molecule has 2 fully saturated rings. The lowest BCUT2D eigenvalue weighted by Gasteiger charge is -2.42. The van der Waals surface area contributed by atoms with Gasteiger partial charge in [-0.1, -0.05) is 77.8 Å². The molecule has 2 aliphatic heterocycles. The predicted octanol–water partition coefficient (Wildman–Crippen LogP) is 6.25. The second-order valence-corrected chi connectivity index (χ2v) is 11.4. The molecule has 0 aromatic heterocycles. The first-order valence-corrected chi connectivity index (χ1v) is 14.1. The molecule has 39 heavy (non-hydrogen) atoms. The van der Waals surface area contributed by atoms with Gasteiger partial charge in [-0.05, 0) is 54.8 Å². The Morgan fingerprint density at radius 2 is 1.49 bits per heavy atom. The van der Waals surface area contributed by atoms with Gasteiger partial charge in [0.25, 0.3) is 5.91 Å². The summed E-state index contributed by atoms with van der Waals surface area (Å²) in [5, 5.41) is 1.05. The molecule has 6 nitrogen and oxygen atoms in total. The Labute approximate surface area is 239 Å². The van der Waals surface area contributed by atoms with Crippen LogP contribution in [0.4, 0.5) is 4.79 Å². The molecule has 0 saturated carbocycles. The number of benzene rings is 3. The number of carbonyl (C=O) groups is 2. The Morgan fingerprint density at radius 1 is 0.821 bits per heavy atom. The summed E-state index contributed by atoms with van der Waals surface area (Å²) in [6.07, 6.45) is 2.28. The largest absolute Gasteiger partial charge is 0.438 e. The van der Waals surface area contributed by atoms with Crippen molar-refractivity contribution in [1.29, 1.82) is 0 Å². The lowest BCUT2D eigenvalue weighted by Crippen LogP contribution is -2.47. The van der Waals surface area contributed by atoms with Gasteiger partial charge < -0.3 is 20.3 Å². The fourth-order valence-corrected chi connectivity index (χ4v) is 6.41. The number of hydrogen-bond donors (Lipinski definition) is 1. The van der Waals surface area contributed by atoms with Gasteiger partial charge in [0.2, 0.25) is 0 Å². The third-order valence-corrected chi connectivity index (χ3v) is 9.10. The molecule has 2 saturated heterocycles. The van der Waals surface area contributed by atoms with Crippen molar-refractivity contribution < 1.29 is 14.3 Å². The first-order chi connectivity index (χ1) is 18.8. The lowest BCUT2D eigenvalue weighted by atomic mass is 9.76. The molecule has 3 aromatic rings. The highest BCUT2D eigenvalue weighted by atomic mass is 35.5. The average molecular weight is 567 g/mol. The van der Waals surface area contributed by atoms with Crippen LogP contribution in [0.15, 0.2) is 78.9 Å². The van der Waals surface area contributed by atoms with E-state index in [1.54, 1.807) is 0 Å². The van der Waals surface area contributed by atoms with Gasteiger partial charge in [0.1, 0.15) is 5.60 Å². The van der Waals surface area contributed by atoms with Crippen molar-refractivity contribution in [1.82, 2.24) is 9.80 Å². The maximum Gasteiger partial charge on any atom is 0.405 e. The summed E-state index contributed by atoms with van der Waals surface area (Å²) < 4.78 is 5.73. The van der Waals surface area contributed by atoms with E-state index >= 15 is 0 Å². The number of nitrogens with zero attached hydrogens (tertiary/aromatic N) is 2. The Bertz CT molecular complexity index is 1310. The van der Waals surface area contributed by atoms with Gasteiger partial charge in [-0.2, -0.15) is 0 Å². The summed E-state index contributed by atoms with van der Waals surface area (Å²) in [6, 6.07) is 25.1. The first kappa shape index (κ1) is 27.5. The lowest BCUT2D eigenvalue weighted by molar-refractivity contribution is -0.0374. The van der Waals surface area contributed by atoms with Gasteiger partial charge in [-0.25, -0.2) is 4.79 Å². The number of piperidine rings is 1. The van der Waals surface area contributed by atoms with Crippen LogP contribution in [0.1, 0.15) is 47.2 Å². The first-order valence-electron chi connectivity index (χ1n) is 13.4. The van der Waals surface area contributed by atoms with Crippen LogP contribution in [0, 0.1) is 0 Å². The number of nitrogens with two attached hydrogens (primary N) is 1. The van der Waals surface area contributed by atoms with Crippen LogP contribution in [0.2, 0.25) is 10.0 Å². The van der Waals surface area contributed by atoms with Gasteiger partial charge in [-0.3, -0.25) is 4.79 Å². The molecule has 2 aliphatic rings. The van der Waals surface area contributed by atoms with Crippen molar-refractivity contribution in [2.45, 2.75) is 36.7 Å². The van der Waals surface area contributed by atoms with Gasteiger partial charge in [0.05, 0.1) is 10.0 Å². The van der Waals surface area contributed by atoms with Crippen LogP contribution in [0.3, 0.4) is 0 Å². The molecular weight excluding hydrogens is 533 g/mol. The molecule has 0 radical (unpaired) electrons. The zero-order chi connectivity index (χ0) is 27.5. The Kier molecular flexibility index (Phi) is 8.17. The quantitative estimate of drug-likeness (QED) is 0.367. The fourth-order valence-electron chi connectivity index (χ4n) is 6.11. The van der Waals surface area contributed by atoms with Crippen molar-refractivity contribution in [3.8, 4) is 0 Å². The average Bonchev–Trinajstić information content (AvgIpc) is 3.40. The maximum absolute atomic E-state index is 13.3. The Balaban J connectivity index is 1.32. The molecule has 0 bridgehead atoms. The third kappa shape index (κ3) is 5.93. The third-order valence-electron chi connectivity index (χ3n) is 8.36. The number of amides is 2. The molecule has 2 heterocycles. The second kappa shape index (κ2) is 11.6. The molecule has 0 aliphatic carbocycles. The molecule has 1 atom stereocenters. The van der Waals surface area contributed by atoms with Crippen molar-refractivity contribution in [3.05, 3.63) is 106 Å². The van der Waals surface area contributed by atoms with Crippen LogP contribution in [0.5, 0.6) is 0 Å². The molecule has 0 spiro atoms. The summed E-state index contributed by atoms with van der Waals surface area (Å²) in [5.74, 6) is 0.0479.